The van der Waals surface area contributed by atoms with Gasteiger partial charge in [0, 0.05) is 47.1 Å². The number of rotatable bonds is 6. The number of amides is 4. The molecule has 14 nitrogen and oxygen atoms in total. The molecule has 5 aromatic rings. The number of anilines is 3. The number of carbonyl (C=O) groups is 3. The summed E-state index contributed by atoms with van der Waals surface area (Å²) < 4.78 is 18.8. The minimum absolute atomic E-state index is 0.00196. The van der Waals surface area contributed by atoms with E-state index in [1.807, 2.05) is 18.3 Å². The number of aromatic nitrogens is 5. The van der Waals surface area contributed by atoms with Gasteiger partial charge in [-0.15, -0.1) is 0 Å². The van der Waals surface area contributed by atoms with Crippen LogP contribution in [0.5, 0.6) is 0 Å². The van der Waals surface area contributed by atoms with Gasteiger partial charge in [0.1, 0.15) is 23.2 Å². The van der Waals surface area contributed by atoms with Gasteiger partial charge in [-0.3, -0.25) is 10.3 Å². The number of urea groups is 1. The SMILES string of the molecule is CC(C)(C)OC(=O)N(C(=O)OC(C)(C)C)c1ncnc2c1c(-c1ccc(NC(=O)Nc3cc(C4(C)CC4)no3)c3cnccc13)cn2C1CC1. The Morgan fingerprint density at radius 2 is 1.64 bits per heavy atom. The molecule has 1 aromatic carbocycles. The summed E-state index contributed by atoms with van der Waals surface area (Å²) in [5.41, 5.74) is 1.49. The smallest absolute Gasteiger partial charge is 0.425 e. The largest absolute Gasteiger partial charge is 0.443 e. The summed E-state index contributed by atoms with van der Waals surface area (Å²) in [6, 6.07) is 6.93. The Hall–Kier alpha value is -5.53. The second-order valence-electron chi connectivity index (χ2n) is 15.2. The summed E-state index contributed by atoms with van der Waals surface area (Å²) in [5.74, 6) is 0.285. The highest BCUT2D eigenvalue weighted by atomic mass is 16.6. The predicted molar refractivity (Wildman–Crippen MR) is 187 cm³/mol. The summed E-state index contributed by atoms with van der Waals surface area (Å²) in [6.07, 6.45) is 8.75. The van der Waals surface area contributed by atoms with E-state index in [9.17, 15) is 14.4 Å². The van der Waals surface area contributed by atoms with Gasteiger partial charge in [-0.25, -0.2) is 24.4 Å². The number of hydrogen-bond acceptors (Lipinski definition) is 10. The molecule has 0 saturated heterocycles. The average molecular weight is 681 g/mol. The first-order valence-corrected chi connectivity index (χ1v) is 16.6. The maximum atomic E-state index is 13.7. The van der Waals surface area contributed by atoms with Crippen molar-refractivity contribution in [1.29, 1.82) is 0 Å². The highest BCUT2D eigenvalue weighted by molar-refractivity contribution is 6.18. The van der Waals surface area contributed by atoms with Crippen LogP contribution in [0.1, 0.15) is 85.9 Å². The Bertz CT molecular complexity index is 2120. The molecule has 0 unspecified atom stereocenters. The Balaban J connectivity index is 1.31. The lowest BCUT2D eigenvalue weighted by molar-refractivity contribution is 0.0429. The van der Waals surface area contributed by atoms with E-state index < -0.39 is 29.4 Å². The topological polar surface area (TPSA) is 167 Å². The fourth-order valence-electron chi connectivity index (χ4n) is 5.80. The summed E-state index contributed by atoms with van der Waals surface area (Å²) in [5, 5.41) is 11.6. The standard InChI is InChI=1S/C36H40N8O6/c1-34(2,3)48-32(46)44(33(47)49-35(4,5)6)30-28-24(18-43(20-8-9-20)29(28)38-19-39-30)21-10-11-25(23-17-37-15-12-22(21)23)40-31(45)41-27-16-26(42-50-27)36(7)13-14-36/h10-12,15-20H,8-9,13-14H2,1-7H3,(H2,40,41,45). The number of carbonyl (C=O) groups excluding carboxylic acids is 3. The molecule has 4 heterocycles. The maximum absolute atomic E-state index is 13.7. The summed E-state index contributed by atoms with van der Waals surface area (Å²) in [6.45, 7) is 12.4. The Kier molecular flexibility index (Phi) is 7.79. The molecule has 0 atom stereocenters. The van der Waals surface area contributed by atoms with Crippen LogP contribution in [-0.4, -0.2) is 54.1 Å². The third-order valence-corrected chi connectivity index (χ3v) is 8.62. The third-order valence-electron chi connectivity index (χ3n) is 8.62. The van der Waals surface area contributed by atoms with Gasteiger partial charge in [0.05, 0.1) is 16.8 Å². The number of hydrogen-bond donors (Lipinski definition) is 2. The van der Waals surface area contributed by atoms with E-state index in [1.165, 1.54) is 6.33 Å². The van der Waals surface area contributed by atoms with Crippen LogP contribution in [0.4, 0.5) is 31.8 Å². The maximum Gasteiger partial charge on any atom is 0.425 e. The van der Waals surface area contributed by atoms with E-state index in [0.717, 1.165) is 47.2 Å². The van der Waals surface area contributed by atoms with Gasteiger partial charge < -0.3 is 23.9 Å². The molecule has 0 aliphatic heterocycles. The van der Waals surface area contributed by atoms with E-state index in [0.29, 0.717) is 27.7 Å². The van der Waals surface area contributed by atoms with Crippen LogP contribution in [0.25, 0.3) is 32.9 Å². The number of nitrogens with zero attached hydrogens (tertiary/aromatic N) is 6. The van der Waals surface area contributed by atoms with E-state index in [2.05, 4.69) is 42.2 Å². The molecule has 0 radical (unpaired) electrons. The van der Waals surface area contributed by atoms with Crippen LogP contribution >= 0.6 is 0 Å². The molecule has 50 heavy (non-hydrogen) atoms. The summed E-state index contributed by atoms with van der Waals surface area (Å²) >= 11 is 0. The van der Waals surface area contributed by atoms with Crippen molar-refractivity contribution in [2.45, 2.75) is 96.8 Å². The van der Waals surface area contributed by atoms with Gasteiger partial charge in [-0.2, -0.15) is 4.90 Å². The highest BCUT2D eigenvalue weighted by Gasteiger charge is 2.42. The van der Waals surface area contributed by atoms with Crippen molar-refractivity contribution >= 4 is 57.4 Å². The quantitative estimate of drug-likeness (QED) is 0.178. The van der Waals surface area contributed by atoms with Crippen LogP contribution in [0.15, 0.2) is 53.7 Å². The second kappa shape index (κ2) is 11.8. The van der Waals surface area contributed by atoms with Crippen molar-refractivity contribution in [1.82, 2.24) is 24.7 Å². The van der Waals surface area contributed by atoms with Crippen molar-refractivity contribution in [3.05, 3.63) is 54.9 Å². The highest BCUT2D eigenvalue weighted by Crippen LogP contribution is 2.48. The van der Waals surface area contributed by atoms with Crippen LogP contribution < -0.4 is 15.5 Å². The van der Waals surface area contributed by atoms with Crippen molar-refractivity contribution in [2.75, 3.05) is 15.5 Å². The number of fused-ring (bicyclic) bond motifs is 2. The van der Waals surface area contributed by atoms with Gasteiger partial charge in [-0.1, -0.05) is 18.1 Å². The van der Waals surface area contributed by atoms with Gasteiger partial charge >= 0.3 is 18.2 Å². The molecule has 0 bridgehead atoms. The first-order chi connectivity index (χ1) is 23.6. The molecule has 7 rings (SSSR count). The third kappa shape index (κ3) is 6.57. The molecular weight excluding hydrogens is 640 g/mol. The number of nitrogens with one attached hydrogen (secondary N) is 2. The first-order valence-electron chi connectivity index (χ1n) is 16.6. The second-order valence-corrected chi connectivity index (χ2v) is 15.2. The molecule has 0 spiro atoms. The van der Waals surface area contributed by atoms with Crippen molar-refractivity contribution in [3.8, 4) is 11.1 Å². The van der Waals surface area contributed by atoms with Gasteiger partial charge in [-0.05, 0) is 90.3 Å². The Morgan fingerprint density at radius 3 is 2.28 bits per heavy atom. The van der Waals surface area contributed by atoms with E-state index in [1.54, 1.807) is 66.1 Å². The molecule has 4 amide bonds. The summed E-state index contributed by atoms with van der Waals surface area (Å²) in [7, 11) is 0. The normalized spacial score (nSPS) is 15.5. The number of benzene rings is 1. The minimum Gasteiger partial charge on any atom is -0.443 e. The van der Waals surface area contributed by atoms with Gasteiger partial charge in [0.15, 0.2) is 5.82 Å². The number of imide groups is 1. The molecule has 2 aliphatic rings. The Morgan fingerprint density at radius 1 is 0.940 bits per heavy atom. The van der Waals surface area contributed by atoms with Gasteiger partial charge in [0.25, 0.3) is 0 Å². The predicted octanol–water partition coefficient (Wildman–Crippen LogP) is 8.34. The molecule has 260 valence electrons. The first kappa shape index (κ1) is 33.0. The number of pyridine rings is 1. The zero-order valence-corrected chi connectivity index (χ0v) is 29.2. The van der Waals surface area contributed by atoms with Crippen LogP contribution in [0.3, 0.4) is 0 Å². The molecular formula is C36H40N8O6. The zero-order valence-electron chi connectivity index (χ0n) is 29.2. The fraction of sp³-hybridized carbons (Fsp3) is 0.417. The van der Waals surface area contributed by atoms with E-state index in [4.69, 9.17) is 14.0 Å². The Labute approximate surface area is 288 Å². The average Bonchev–Trinajstić information content (AvgIpc) is 3.92. The summed E-state index contributed by atoms with van der Waals surface area (Å²) in [4.78, 5) is 54.9. The lowest BCUT2D eigenvalue weighted by Crippen LogP contribution is -2.44. The van der Waals surface area contributed by atoms with Gasteiger partial charge in [0.2, 0.25) is 5.88 Å². The fourth-order valence-corrected chi connectivity index (χ4v) is 5.80. The van der Waals surface area contributed by atoms with Crippen molar-refractivity contribution < 1.29 is 28.4 Å². The van der Waals surface area contributed by atoms with Crippen molar-refractivity contribution in [3.63, 3.8) is 0 Å². The van der Waals surface area contributed by atoms with Crippen LogP contribution in [0.2, 0.25) is 0 Å². The molecule has 2 fully saturated rings. The lowest BCUT2D eigenvalue weighted by atomic mass is 9.98. The van der Waals surface area contributed by atoms with Crippen LogP contribution in [-0.2, 0) is 14.9 Å². The zero-order chi connectivity index (χ0) is 35.6. The number of ether oxygens (including phenoxy) is 2. The lowest BCUT2D eigenvalue weighted by Gasteiger charge is -2.28. The molecule has 2 saturated carbocycles. The molecule has 4 aromatic heterocycles. The van der Waals surface area contributed by atoms with E-state index >= 15 is 0 Å². The van der Waals surface area contributed by atoms with Crippen LogP contribution in [0, 0.1) is 0 Å². The van der Waals surface area contributed by atoms with E-state index in [-0.39, 0.29) is 23.2 Å². The van der Waals surface area contributed by atoms with Crippen molar-refractivity contribution in [2.24, 2.45) is 0 Å². The molecule has 14 heteroatoms. The minimum atomic E-state index is -0.929. The molecule has 2 N–H and O–H groups in total. The molecule has 2 aliphatic carbocycles. The monoisotopic (exact) mass is 680 g/mol.